The number of hydrogen-bond donors (Lipinski definition) is 1. The maximum absolute atomic E-state index is 5.89. The Labute approximate surface area is 154 Å². The van der Waals surface area contributed by atoms with Crippen LogP contribution in [0.15, 0.2) is 58.9 Å². The summed E-state index contributed by atoms with van der Waals surface area (Å²) in [5.41, 5.74) is 2.10. The van der Waals surface area contributed by atoms with E-state index in [1.54, 1.807) is 24.6 Å². The van der Waals surface area contributed by atoms with E-state index in [0.717, 1.165) is 39.4 Å². The fraction of sp³-hybridized carbons (Fsp3) is 0.167. The Morgan fingerprint density at radius 2 is 2.16 bits per heavy atom. The largest absolute Gasteiger partial charge is 0.495 e. The van der Waals surface area contributed by atoms with E-state index in [1.165, 1.54) is 11.9 Å². The molecule has 0 saturated heterocycles. The van der Waals surface area contributed by atoms with Crippen molar-refractivity contribution in [1.29, 1.82) is 0 Å². The first-order chi connectivity index (χ1) is 12.3. The molecule has 0 radical (unpaired) electrons. The molecular weight excluding hydrogens is 354 g/mol. The van der Waals surface area contributed by atoms with Crippen molar-refractivity contribution in [3.63, 3.8) is 0 Å². The summed E-state index contributed by atoms with van der Waals surface area (Å²) >= 11 is 3.11. The van der Waals surface area contributed by atoms with Gasteiger partial charge in [-0.15, -0.1) is 11.3 Å². The van der Waals surface area contributed by atoms with Crippen LogP contribution in [0, 0.1) is 0 Å². The van der Waals surface area contributed by atoms with Gasteiger partial charge in [-0.3, -0.25) is 0 Å². The Kier molecular flexibility index (Phi) is 4.67. The van der Waals surface area contributed by atoms with E-state index in [2.05, 4.69) is 38.9 Å². The lowest BCUT2D eigenvalue weighted by molar-refractivity contribution is 0.312. The summed E-state index contributed by atoms with van der Waals surface area (Å²) < 4.78 is 14.6. The van der Waals surface area contributed by atoms with Gasteiger partial charge in [0.1, 0.15) is 18.1 Å². The minimum absolute atomic E-state index is 0.638. The van der Waals surface area contributed by atoms with E-state index in [9.17, 15) is 0 Å². The Balaban J connectivity index is 1.59. The summed E-state index contributed by atoms with van der Waals surface area (Å²) in [5.74, 6) is 1.74. The Bertz CT molecular complexity index is 855. The topological polar surface area (TPSA) is 46.6 Å². The predicted octanol–water partition coefficient (Wildman–Crippen LogP) is 4.80. The number of methoxy groups -OCH3 is 1. The summed E-state index contributed by atoms with van der Waals surface area (Å²) in [4.78, 5) is 7.54. The molecule has 0 bridgehead atoms. The number of nitrogens with one attached hydrogen (secondary N) is 1. The number of anilines is 3. The average molecular weight is 371 g/mol. The molecule has 1 N–H and O–H groups in total. The number of hydrogen-bond acceptors (Lipinski definition) is 7. The number of para-hydroxylation sites is 2. The zero-order valence-corrected chi connectivity index (χ0v) is 15.3. The van der Waals surface area contributed by atoms with Gasteiger partial charge in [-0.2, -0.15) is 0 Å². The van der Waals surface area contributed by atoms with Crippen molar-refractivity contribution >= 4 is 39.8 Å². The molecule has 2 heterocycles. The van der Waals surface area contributed by atoms with Crippen LogP contribution in [0.2, 0.25) is 0 Å². The normalized spacial score (nSPS) is 13.1. The van der Waals surface area contributed by atoms with Crippen molar-refractivity contribution in [2.75, 3.05) is 29.9 Å². The van der Waals surface area contributed by atoms with Crippen LogP contribution in [0.1, 0.15) is 0 Å². The zero-order valence-electron chi connectivity index (χ0n) is 13.6. The lowest BCUT2D eigenvalue weighted by atomic mass is 10.2. The Morgan fingerprint density at radius 3 is 3.00 bits per heavy atom. The van der Waals surface area contributed by atoms with Gasteiger partial charge in [-0.25, -0.2) is 4.98 Å². The number of nitrogens with zero attached hydrogens (tertiary/aromatic N) is 2. The van der Waals surface area contributed by atoms with Gasteiger partial charge >= 0.3 is 0 Å². The third-order valence-electron chi connectivity index (χ3n) is 3.86. The van der Waals surface area contributed by atoms with E-state index in [1.807, 2.05) is 23.6 Å². The van der Waals surface area contributed by atoms with E-state index in [0.29, 0.717) is 6.61 Å². The second-order valence-electron chi connectivity index (χ2n) is 5.34. The second-order valence-corrected chi connectivity index (χ2v) is 7.12. The molecule has 0 unspecified atom stereocenters. The molecule has 1 aliphatic rings. The average Bonchev–Trinajstić information content (AvgIpc) is 3.19. The van der Waals surface area contributed by atoms with Crippen LogP contribution >= 0.6 is 23.3 Å². The lowest BCUT2D eigenvalue weighted by Crippen LogP contribution is -2.28. The van der Waals surface area contributed by atoms with Crippen LogP contribution in [0.25, 0.3) is 0 Å². The first-order valence-corrected chi connectivity index (χ1v) is 9.54. The van der Waals surface area contributed by atoms with Gasteiger partial charge in [0.25, 0.3) is 0 Å². The molecule has 128 valence electrons. The van der Waals surface area contributed by atoms with Crippen molar-refractivity contribution in [2.45, 2.75) is 4.90 Å². The zero-order chi connectivity index (χ0) is 17.1. The number of rotatable bonds is 5. The standard InChI is InChI=1S/C18H17N3O2S2/c1-22-16-5-3-2-4-14(16)21-9-10-23-17-12-13(6-7-15(17)21)25-20-18-19-8-11-24-18/h2-8,11-12H,9-10H2,1H3,(H,19,20). The van der Waals surface area contributed by atoms with Crippen LogP contribution in [0.5, 0.6) is 11.5 Å². The number of aromatic nitrogens is 1. The maximum atomic E-state index is 5.89. The number of ether oxygens (including phenoxy) is 2. The first-order valence-electron chi connectivity index (χ1n) is 7.85. The summed E-state index contributed by atoms with van der Waals surface area (Å²) in [5, 5.41) is 2.84. The summed E-state index contributed by atoms with van der Waals surface area (Å²) in [6, 6.07) is 14.3. The maximum Gasteiger partial charge on any atom is 0.192 e. The van der Waals surface area contributed by atoms with Gasteiger partial charge < -0.3 is 19.1 Å². The molecule has 0 fully saturated rings. The molecule has 0 spiro atoms. The van der Waals surface area contributed by atoms with E-state index in [4.69, 9.17) is 9.47 Å². The minimum atomic E-state index is 0.638. The molecule has 4 rings (SSSR count). The fourth-order valence-electron chi connectivity index (χ4n) is 2.74. The van der Waals surface area contributed by atoms with Gasteiger partial charge in [0.15, 0.2) is 5.13 Å². The number of fused-ring (bicyclic) bond motifs is 1. The minimum Gasteiger partial charge on any atom is -0.495 e. The summed E-state index contributed by atoms with van der Waals surface area (Å²) in [7, 11) is 1.70. The third kappa shape index (κ3) is 3.38. The molecule has 2 aromatic carbocycles. The molecule has 1 aromatic heterocycles. The van der Waals surface area contributed by atoms with Gasteiger partial charge in [0, 0.05) is 16.5 Å². The van der Waals surface area contributed by atoms with Gasteiger partial charge in [-0.05, 0) is 42.3 Å². The van der Waals surface area contributed by atoms with Crippen LogP contribution in [-0.2, 0) is 0 Å². The lowest BCUT2D eigenvalue weighted by Gasteiger charge is -2.32. The van der Waals surface area contributed by atoms with Gasteiger partial charge in [0.05, 0.1) is 25.0 Å². The molecule has 0 saturated carbocycles. The van der Waals surface area contributed by atoms with Gasteiger partial charge in [0.2, 0.25) is 0 Å². The molecule has 0 atom stereocenters. The van der Waals surface area contributed by atoms with Crippen LogP contribution < -0.4 is 19.1 Å². The van der Waals surface area contributed by atoms with Crippen molar-refractivity contribution in [3.05, 3.63) is 54.0 Å². The molecule has 5 nitrogen and oxygen atoms in total. The summed E-state index contributed by atoms with van der Waals surface area (Å²) in [6.07, 6.45) is 1.79. The molecule has 7 heteroatoms. The second kappa shape index (κ2) is 7.25. The predicted molar refractivity (Wildman–Crippen MR) is 104 cm³/mol. The molecular formula is C18H17N3O2S2. The highest BCUT2D eigenvalue weighted by Crippen LogP contribution is 2.42. The molecule has 0 aliphatic carbocycles. The van der Waals surface area contributed by atoms with E-state index >= 15 is 0 Å². The Morgan fingerprint density at radius 1 is 1.24 bits per heavy atom. The fourth-order valence-corrected chi connectivity index (χ4v) is 3.99. The Hall–Kier alpha value is -2.38. The quantitative estimate of drug-likeness (QED) is 0.650. The van der Waals surface area contributed by atoms with Crippen molar-refractivity contribution in [1.82, 2.24) is 4.98 Å². The first kappa shape index (κ1) is 16.1. The number of benzene rings is 2. The third-order valence-corrected chi connectivity index (χ3v) is 5.46. The van der Waals surface area contributed by atoms with Crippen LogP contribution in [0.4, 0.5) is 16.5 Å². The molecule has 25 heavy (non-hydrogen) atoms. The highest BCUT2D eigenvalue weighted by atomic mass is 32.2. The van der Waals surface area contributed by atoms with Gasteiger partial charge in [-0.1, -0.05) is 12.1 Å². The highest BCUT2D eigenvalue weighted by Gasteiger charge is 2.22. The van der Waals surface area contributed by atoms with E-state index in [-0.39, 0.29) is 0 Å². The molecule has 1 aliphatic heterocycles. The van der Waals surface area contributed by atoms with Crippen LogP contribution in [-0.4, -0.2) is 25.2 Å². The van der Waals surface area contributed by atoms with Crippen molar-refractivity contribution in [3.8, 4) is 11.5 Å². The smallest absolute Gasteiger partial charge is 0.192 e. The van der Waals surface area contributed by atoms with E-state index < -0.39 is 0 Å². The van der Waals surface area contributed by atoms with Crippen LogP contribution in [0.3, 0.4) is 0 Å². The highest BCUT2D eigenvalue weighted by molar-refractivity contribution is 8.00. The van der Waals surface area contributed by atoms with Crippen molar-refractivity contribution in [2.24, 2.45) is 0 Å². The monoisotopic (exact) mass is 371 g/mol. The summed E-state index contributed by atoms with van der Waals surface area (Å²) in [6.45, 7) is 1.43. The SMILES string of the molecule is COc1ccccc1N1CCOc2cc(SNc3nccs3)ccc21. The number of thiazole rings is 1. The molecule has 0 amide bonds. The van der Waals surface area contributed by atoms with Crippen molar-refractivity contribution < 1.29 is 9.47 Å². The molecule has 3 aromatic rings.